The van der Waals surface area contributed by atoms with Crippen LogP contribution in [0.5, 0.6) is 0 Å². The molecule has 5 nitrogen and oxygen atoms in total. The largest absolute Gasteiger partial charge is 0.373 e. The van der Waals surface area contributed by atoms with Crippen LogP contribution in [0.4, 0.5) is 0 Å². The van der Waals surface area contributed by atoms with Gasteiger partial charge >= 0.3 is 0 Å². The monoisotopic (exact) mass is 354 g/mol. The summed E-state index contributed by atoms with van der Waals surface area (Å²) in [4.78, 5) is 2.62. The van der Waals surface area contributed by atoms with Crippen molar-refractivity contribution < 1.29 is 13.2 Å². The summed E-state index contributed by atoms with van der Waals surface area (Å²) in [5.41, 5.74) is 0.855. The van der Waals surface area contributed by atoms with Crippen molar-refractivity contribution in [2.45, 2.75) is 63.7 Å². The maximum absolute atomic E-state index is 12.5. The molecular formula is C18H30N2O3S. The van der Waals surface area contributed by atoms with Gasteiger partial charge in [0, 0.05) is 25.2 Å². The predicted octanol–water partition coefficient (Wildman–Crippen LogP) is 2.42. The first kappa shape index (κ1) is 19.4. The highest BCUT2D eigenvalue weighted by Gasteiger charge is 2.34. The van der Waals surface area contributed by atoms with E-state index in [9.17, 15) is 8.42 Å². The fourth-order valence-corrected chi connectivity index (χ4v) is 4.25. The highest BCUT2D eigenvalue weighted by Crippen LogP contribution is 2.21. The minimum absolute atomic E-state index is 0.159. The van der Waals surface area contributed by atoms with Crippen LogP contribution in [0.25, 0.3) is 0 Å². The van der Waals surface area contributed by atoms with E-state index >= 15 is 0 Å². The Morgan fingerprint density at radius 1 is 1.17 bits per heavy atom. The first-order chi connectivity index (χ1) is 11.1. The van der Waals surface area contributed by atoms with Crippen molar-refractivity contribution in [2.75, 3.05) is 19.6 Å². The Kier molecular flexibility index (Phi) is 6.07. The molecule has 1 saturated heterocycles. The highest BCUT2D eigenvalue weighted by atomic mass is 32.2. The van der Waals surface area contributed by atoms with Gasteiger partial charge in [-0.05, 0) is 51.8 Å². The van der Waals surface area contributed by atoms with Crippen LogP contribution in [-0.2, 0) is 21.2 Å². The van der Waals surface area contributed by atoms with E-state index in [1.54, 1.807) is 12.1 Å². The van der Waals surface area contributed by atoms with Crippen molar-refractivity contribution >= 4 is 10.0 Å². The Labute approximate surface area is 146 Å². The Balaban J connectivity index is 2.04. The lowest BCUT2D eigenvalue weighted by atomic mass is 10.0. The van der Waals surface area contributed by atoms with E-state index in [4.69, 9.17) is 4.74 Å². The second kappa shape index (κ2) is 7.52. The quantitative estimate of drug-likeness (QED) is 0.852. The molecular weight excluding hydrogens is 324 g/mol. The third-order valence-electron chi connectivity index (χ3n) is 4.61. The Hall–Kier alpha value is -0.950. The van der Waals surface area contributed by atoms with E-state index in [1.807, 2.05) is 12.1 Å². The van der Waals surface area contributed by atoms with E-state index < -0.39 is 10.0 Å². The van der Waals surface area contributed by atoms with Gasteiger partial charge in [0.2, 0.25) is 10.0 Å². The molecule has 1 N–H and O–H groups in total. The lowest BCUT2D eigenvalue weighted by molar-refractivity contribution is -0.0945. The summed E-state index contributed by atoms with van der Waals surface area (Å²) in [5, 5.41) is 0. The topological polar surface area (TPSA) is 58.6 Å². The lowest BCUT2D eigenvalue weighted by Gasteiger charge is -2.45. The van der Waals surface area contributed by atoms with Gasteiger partial charge in [-0.25, -0.2) is 13.1 Å². The lowest BCUT2D eigenvalue weighted by Crippen LogP contribution is -2.58. The zero-order valence-electron chi connectivity index (χ0n) is 15.4. The zero-order chi connectivity index (χ0) is 18.0. The first-order valence-corrected chi connectivity index (χ1v) is 10.1. The molecule has 0 spiro atoms. The smallest absolute Gasteiger partial charge is 0.240 e. The molecule has 136 valence electrons. The number of nitrogens with zero attached hydrogens (tertiary/aromatic N) is 1. The number of rotatable bonds is 6. The third-order valence-corrected chi connectivity index (χ3v) is 6.03. The minimum Gasteiger partial charge on any atom is -0.373 e. The van der Waals surface area contributed by atoms with E-state index in [1.165, 1.54) is 0 Å². The number of sulfonamides is 1. The molecule has 0 saturated carbocycles. The summed E-state index contributed by atoms with van der Waals surface area (Å²) in [6.45, 7) is 12.3. The molecule has 1 aliphatic rings. The predicted molar refractivity (Wildman–Crippen MR) is 96.7 cm³/mol. The van der Waals surface area contributed by atoms with Gasteiger partial charge in [0.25, 0.3) is 0 Å². The number of hydrogen-bond donors (Lipinski definition) is 1. The van der Waals surface area contributed by atoms with Crippen LogP contribution in [0.1, 0.15) is 40.2 Å². The Bertz CT molecular complexity index is 631. The van der Waals surface area contributed by atoms with E-state index in [-0.39, 0.29) is 17.7 Å². The summed E-state index contributed by atoms with van der Waals surface area (Å²) in [7, 11) is -3.49. The van der Waals surface area contributed by atoms with Crippen molar-refractivity contribution in [1.82, 2.24) is 9.62 Å². The van der Waals surface area contributed by atoms with Gasteiger partial charge in [-0.15, -0.1) is 0 Å². The number of aryl methyl sites for hydroxylation is 1. The molecule has 0 aliphatic carbocycles. The maximum Gasteiger partial charge on any atom is 0.240 e. The summed E-state index contributed by atoms with van der Waals surface area (Å²) < 4.78 is 33.6. The van der Waals surface area contributed by atoms with Crippen LogP contribution in [0.15, 0.2) is 29.2 Å². The van der Waals surface area contributed by atoms with Crippen LogP contribution in [0.3, 0.4) is 0 Å². The van der Waals surface area contributed by atoms with E-state index in [0.29, 0.717) is 11.4 Å². The molecule has 2 unspecified atom stereocenters. The van der Waals surface area contributed by atoms with Gasteiger partial charge in [0.1, 0.15) is 0 Å². The molecule has 1 aliphatic heterocycles. The molecule has 1 heterocycles. The number of morpholine rings is 1. The molecule has 0 radical (unpaired) electrons. The van der Waals surface area contributed by atoms with Crippen molar-refractivity contribution in [2.24, 2.45) is 0 Å². The average Bonchev–Trinajstić information content (AvgIpc) is 2.52. The van der Waals surface area contributed by atoms with Crippen LogP contribution < -0.4 is 4.72 Å². The van der Waals surface area contributed by atoms with Crippen molar-refractivity contribution in [3.05, 3.63) is 29.8 Å². The van der Waals surface area contributed by atoms with Crippen molar-refractivity contribution in [1.29, 1.82) is 0 Å². The van der Waals surface area contributed by atoms with Crippen LogP contribution in [0, 0.1) is 0 Å². The summed E-state index contributed by atoms with van der Waals surface area (Å²) in [5.74, 6) is 0. The summed E-state index contributed by atoms with van der Waals surface area (Å²) in [6, 6.07) is 7.08. The molecule has 0 bridgehead atoms. The van der Waals surface area contributed by atoms with Crippen LogP contribution in [0.2, 0.25) is 0 Å². The number of hydrogen-bond acceptors (Lipinski definition) is 4. The molecule has 1 aromatic rings. The zero-order valence-corrected chi connectivity index (χ0v) is 16.2. The molecule has 1 aromatic carbocycles. The van der Waals surface area contributed by atoms with Gasteiger partial charge in [0.15, 0.2) is 0 Å². The third kappa shape index (κ3) is 4.79. The van der Waals surface area contributed by atoms with Crippen LogP contribution >= 0.6 is 0 Å². The fraction of sp³-hybridized carbons (Fsp3) is 0.667. The molecule has 2 rings (SSSR count). The average molecular weight is 355 g/mol. The van der Waals surface area contributed by atoms with E-state index in [2.05, 4.69) is 44.2 Å². The van der Waals surface area contributed by atoms with Gasteiger partial charge in [-0.1, -0.05) is 19.1 Å². The second-order valence-corrected chi connectivity index (χ2v) is 9.06. The van der Waals surface area contributed by atoms with Crippen molar-refractivity contribution in [3.63, 3.8) is 0 Å². The number of nitrogens with one attached hydrogen (secondary N) is 1. The molecule has 24 heavy (non-hydrogen) atoms. The Morgan fingerprint density at radius 2 is 1.71 bits per heavy atom. The van der Waals surface area contributed by atoms with Gasteiger partial charge in [0.05, 0.1) is 17.1 Å². The Morgan fingerprint density at radius 3 is 2.21 bits per heavy atom. The number of ether oxygens (including phenoxy) is 1. The minimum atomic E-state index is -3.49. The molecule has 0 aromatic heterocycles. The summed E-state index contributed by atoms with van der Waals surface area (Å²) in [6.07, 6.45) is 1.21. The van der Waals surface area contributed by atoms with Crippen LogP contribution in [-0.4, -0.2) is 50.7 Å². The van der Waals surface area contributed by atoms with Crippen molar-refractivity contribution in [3.8, 4) is 0 Å². The molecule has 0 amide bonds. The van der Waals surface area contributed by atoms with E-state index in [0.717, 1.165) is 25.1 Å². The normalized spacial score (nSPS) is 23.4. The summed E-state index contributed by atoms with van der Waals surface area (Å²) >= 11 is 0. The standard InChI is InChI=1S/C18H30N2O3S/c1-6-16-7-9-17(10-8-16)24(21,22)19-13-18(4,5)20-11-14(2)23-15(3)12-20/h7-10,14-15,19H,6,11-13H2,1-5H3. The SMILES string of the molecule is CCc1ccc(S(=O)(=O)NCC(C)(C)N2CC(C)OC(C)C2)cc1. The molecule has 1 fully saturated rings. The van der Waals surface area contributed by atoms with Gasteiger partial charge in [-0.3, -0.25) is 4.90 Å². The first-order valence-electron chi connectivity index (χ1n) is 8.63. The highest BCUT2D eigenvalue weighted by molar-refractivity contribution is 7.89. The molecule has 6 heteroatoms. The fourth-order valence-electron chi connectivity index (χ4n) is 3.04. The molecule has 2 atom stereocenters. The van der Waals surface area contributed by atoms with Gasteiger partial charge < -0.3 is 4.74 Å². The van der Waals surface area contributed by atoms with Gasteiger partial charge in [-0.2, -0.15) is 0 Å². The maximum atomic E-state index is 12.5. The number of benzene rings is 1. The second-order valence-electron chi connectivity index (χ2n) is 7.30.